The SMILES string of the molecule is COc1cc(CO)cc(OC)c1C=CCCNC(=O)OCC1c2ccccc2-c2ccccc21. The number of hydrogen-bond donors (Lipinski definition) is 2. The van der Waals surface area contributed by atoms with Gasteiger partial charge in [-0.05, 0) is 46.4 Å². The zero-order chi connectivity index (χ0) is 23.9. The van der Waals surface area contributed by atoms with Crippen LogP contribution < -0.4 is 14.8 Å². The normalized spacial score (nSPS) is 12.3. The fraction of sp³-hybridized carbons (Fsp3) is 0.250. The van der Waals surface area contributed by atoms with E-state index in [4.69, 9.17) is 14.2 Å². The molecule has 3 aromatic rings. The van der Waals surface area contributed by atoms with E-state index in [1.807, 2.05) is 36.4 Å². The molecule has 0 bridgehead atoms. The summed E-state index contributed by atoms with van der Waals surface area (Å²) in [5.41, 5.74) is 6.28. The summed E-state index contributed by atoms with van der Waals surface area (Å²) >= 11 is 0. The Morgan fingerprint density at radius 3 is 2.12 bits per heavy atom. The lowest BCUT2D eigenvalue weighted by atomic mass is 9.98. The van der Waals surface area contributed by atoms with Crippen molar-refractivity contribution >= 4 is 12.2 Å². The number of aliphatic hydroxyl groups is 1. The van der Waals surface area contributed by atoms with Crippen molar-refractivity contribution in [2.45, 2.75) is 18.9 Å². The highest BCUT2D eigenvalue weighted by molar-refractivity contribution is 5.79. The molecule has 0 atom stereocenters. The Hall–Kier alpha value is -3.77. The summed E-state index contributed by atoms with van der Waals surface area (Å²) in [5.74, 6) is 1.27. The van der Waals surface area contributed by atoms with Gasteiger partial charge in [-0.2, -0.15) is 0 Å². The summed E-state index contributed by atoms with van der Waals surface area (Å²) in [6.45, 7) is 0.634. The molecule has 0 aliphatic heterocycles. The number of benzene rings is 3. The summed E-state index contributed by atoms with van der Waals surface area (Å²) < 4.78 is 16.4. The highest BCUT2D eigenvalue weighted by Crippen LogP contribution is 2.44. The van der Waals surface area contributed by atoms with E-state index < -0.39 is 6.09 Å². The highest BCUT2D eigenvalue weighted by atomic mass is 16.5. The summed E-state index contributed by atoms with van der Waals surface area (Å²) in [4.78, 5) is 12.3. The Kier molecular flexibility index (Phi) is 7.50. The maximum Gasteiger partial charge on any atom is 0.407 e. The van der Waals surface area contributed by atoms with Crippen LogP contribution in [0.4, 0.5) is 4.79 Å². The average Bonchev–Trinajstić information content (AvgIpc) is 3.20. The molecule has 1 amide bonds. The van der Waals surface area contributed by atoms with Gasteiger partial charge in [0.2, 0.25) is 0 Å². The number of alkyl carbamates (subject to hydrolysis) is 1. The number of carbonyl (C=O) groups is 1. The Balaban J connectivity index is 1.30. The van der Waals surface area contributed by atoms with Gasteiger partial charge in [-0.25, -0.2) is 4.79 Å². The highest BCUT2D eigenvalue weighted by Gasteiger charge is 2.28. The van der Waals surface area contributed by atoms with Gasteiger partial charge < -0.3 is 24.6 Å². The van der Waals surface area contributed by atoms with Crippen molar-refractivity contribution in [1.29, 1.82) is 0 Å². The molecule has 6 heteroatoms. The van der Waals surface area contributed by atoms with Crippen molar-refractivity contribution in [3.05, 3.63) is 89.0 Å². The number of carbonyl (C=O) groups excluding carboxylic acids is 1. The molecule has 0 unspecified atom stereocenters. The molecule has 6 nitrogen and oxygen atoms in total. The van der Waals surface area contributed by atoms with Crippen LogP contribution in [0, 0.1) is 0 Å². The second-order valence-corrected chi connectivity index (χ2v) is 8.02. The molecule has 1 aliphatic carbocycles. The lowest BCUT2D eigenvalue weighted by Gasteiger charge is -2.14. The van der Waals surface area contributed by atoms with E-state index in [0.29, 0.717) is 36.6 Å². The van der Waals surface area contributed by atoms with Crippen LogP contribution in [-0.2, 0) is 11.3 Å². The zero-order valence-corrected chi connectivity index (χ0v) is 19.4. The number of amides is 1. The Bertz CT molecular complexity index is 1120. The fourth-order valence-corrected chi connectivity index (χ4v) is 4.36. The van der Waals surface area contributed by atoms with E-state index >= 15 is 0 Å². The minimum absolute atomic E-state index is 0.0415. The number of aliphatic hydroxyl groups excluding tert-OH is 1. The molecule has 0 fully saturated rings. The monoisotopic (exact) mass is 459 g/mol. The van der Waals surface area contributed by atoms with Gasteiger partial charge in [-0.15, -0.1) is 0 Å². The van der Waals surface area contributed by atoms with E-state index in [1.165, 1.54) is 22.3 Å². The third kappa shape index (κ3) is 4.92. The van der Waals surface area contributed by atoms with Crippen molar-refractivity contribution in [2.75, 3.05) is 27.4 Å². The molecular weight excluding hydrogens is 430 g/mol. The third-order valence-electron chi connectivity index (χ3n) is 5.99. The molecule has 0 spiro atoms. The fourth-order valence-electron chi connectivity index (χ4n) is 4.36. The second-order valence-electron chi connectivity index (χ2n) is 8.02. The van der Waals surface area contributed by atoms with Crippen LogP contribution in [-0.4, -0.2) is 38.6 Å². The number of rotatable bonds is 9. The van der Waals surface area contributed by atoms with Crippen LogP contribution in [0.1, 0.15) is 34.6 Å². The van der Waals surface area contributed by atoms with E-state index in [2.05, 4.69) is 29.6 Å². The summed E-state index contributed by atoms with van der Waals surface area (Å²) in [6.07, 6.45) is 4.00. The van der Waals surface area contributed by atoms with Gasteiger partial charge in [0.1, 0.15) is 18.1 Å². The average molecular weight is 460 g/mol. The Morgan fingerprint density at radius 1 is 0.971 bits per heavy atom. The molecule has 34 heavy (non-hydrogen) atoms. The maximum atomic E-state index is 12.3. The van der Waals surface area contributed by atoms with E-state index in [-0.39, 0.29) is 12.5 Å². The standard InChI is InChI=1S/C28H29NO5/c1-32-26-15-19(17-30)16-27(33-2)24(26)13-7-8-14-29-28(31)34-18-25-22-11-5-3-9-20(22)21-10-4-6-12-23(21)25/h3-7,9-13,15-16,25,30H,8,14,17-18H2,1-2H3,(H,29,31). The molecule has 4 rings (SSSR count). The zero-order valence-electron chi connectivity index (χ0n) is 19.4. The lowest BCUT2D eigenvalue weighted by molar-refractivity contribution is 0.143. The van der Waals surface area contributed by atoms with Gasteiger partial charge in [-0.3, -0.25) is 0 Å². The summed E-state index contributed by atoms with van der Waals surface area (Å²) in [7, 11) is 3.15. The predicted octanol–water partition coefficient (Wildman–Crippen LogP) is 5.14. The molecule has 176 valence electrons. The molecule has 0 aromatic heterocycles. The molecule has 0 heterocycles. The number of hydrogen-bond acceptors (Lipinski definition) is 5. The van der Waals surface area contributed by atoms with Crippen LogP contribution in [0.3, 0.4) is 0 Å². The second kappa shape index (κ2) is 10.9. The smallest absolute Gasteiger partial charge is 0.407 e. The van der Waals surface area contributed by atoms with Gasteiger partial charge >= 0.3 is 6.09 Å². The van der Waals surface area contributed by atoms with Crippen LogP contribution in [0.25, 0.3) is 17.2 Å². The van der Waals surface area contributed by atoms with E-state index in [9.17, 15) is 9.90 Å². The van der Waals surface area contributed by atoms with E-state index in [1.54, 1.807) is 26.4 Å². The third-order valence-corrected chi connectivity index (χ3v) is 5.99. The van der Waals surface area contributed by atoms with Gasteiger partial charge in [0.15, 0.2) is 0 Å². The van der Waals surface area contributed by atoms with Gasteiger partial charge in [0, 0.05) is 12.5 Å². The number of fused-ring (bicyclic) bond motifs is 3. The number of methoxy groups -OCH3 is 2. The largest absolute Gasteiger partial charge is 0.496 e. The van der Waals surface area contributed by atoms with Crippen molar-refractivity contribution in [3.8, 4) is 22.6 Å². The maximum absolute atomic E-state index is 12.3. The first-order chi connectivity index (χ1) is 16.7. The molecule has 3 aromatic carbocycles. The molecular formula is C28H29NO5. The topological polar surface area (TPSA) is 77.0 Å². The van der Waals surface area contributed by atoms with Crippen molar-refractivity contribution < 1.29 is 24.1 Å². The molecule has 0 saturated heterocycles. The minimum atomic E-state index is -0.433. The van der Waals surface area contributed by atoms with Crippen LogP contribution in [0.5, 0.6) is 11.5 Å². The molecule has 0 radical (unpaired) electrons. The molecule has 1 aliphatic rings. The van der Waals surface area contributed by atoms with Crippen molar-refractivity contribution in [1.82, 2.24) is 5.32 Å². The first-order valence-corrected chi connectivity index (χ1v) is 11.3. The van der Waals surface area contributed by atoms with Crippen LogP contribution >= 0.6 is 0 Å². The first-order valence-electron chi connectivity index (χ1n) is 11.3. The van der Waals surface area contributed by atoms with Crippen molar-refractivity contribution in [2.24, 2.45) is 0 Å². The number of nitrogens with one attached hydrogen (secondary N) is 1. The van der Waals surface area contributed by atoms with Crippen LogP contribution in [0.2, 0.25) is 0 Å². The predicted molar refractivity (Wildman–Crippen MR) is 132 cm³/mol. The van der Waals surface area contributed by atoms with Gasteiger partial charge in [0.05, 0.1) is 26.4 Å². The van der Waals surface area contributed by atoms with Crippen LogP contribution in [0.15, 0.2) is 66.7 Å². The van der Waals surface area contributed by atoms with Gasteiger partial charge in [-0.1, -0.05) is 60.7 Å². The molecule has 2 N–H and O–H groups in total. The van der Waals surface area contributed by atoms with E-state index in [0.717, 1.165) is 5.56 Å². The minimum Gasteiger partial charge on any atom is -0.496 e. The van der Waals surface area contributed by atoms with Gasteiger partial charge in [0.25, 0.3) is 0 Å². The quantitative estimate of drug-likeness (QED) is 0.434. The number of ether oxygens (including phenoxy) is 3. The summed E-state index contributed by atoms with van der Waals surface area (Å²) in [5, 5.41) is 12.2. The lowest BCUT2D eigenvalue weighted by Crippen LogP contribution is -2.26. The summed E-state index contributed by atoms with van der Waals surface area (Å²) in [6, 6.07) is 20.1. The first kappa shape index (κ1) is 23.4. The Morgan fingerprint density at radius 2 is 1.56 bits per heavy atom. The molecule has 0 saturated carbocycles. The van der Waals surface area contributed by atoms with Crippen molar-refractivity contribution in [3.63, 3.8) is 0 Å². The Labute approximate surface area is 199 Å².